The molecule has 6 rings (SSSR count). The van der Waals surface area contributed by atoms with E-state index in [0.29, 0.717) is 29.4 Å². The summed E-state index contributed by atoms with van der Waals surface area (Å²) in [7, 11) is -1.32. The van der Waals surface area contributed by atoms with Crippen LogP contribution in [0.1, 0.15) is 16.1 Å². The van der Waals surface area contributed by atoms with Crippen molar-refractivity contribution in [2.45, 2.75) is 25.4 Å². The molecule has 1 aromatic carbocycles. The first-order valence-corrected chi connectivity index (χ1v) is 12.4. The first-order valence-electron chi connectivity index (χ1n) is 13.9. The molecule has 1 atom stereocenters. The zero-order valence-corrected chi connectivity index (χ0v) is 21.5. The summed E-state index contributed by atoms with van der Waals surface area (Å²) in [5.41, 5.74) is 2.27. The molecule has 206 valence electrons. The minimum atomic E-state index is -3.22. The van der Waals surface area contributed by atoms with Gasteiger partial charge in [-0.05, 0) is 37.7 Å². The number of aromatic nitrogens is 6. The molecule has 11 nitrogen and oxygen atoms in total. The standard InChI is InChI=1S/C27H26F2N8O3/c1-16-10-17(4-5-20(16)39-18-11-30-22-6-8-34-37(22)13-18)35-25-23-19(32-15-33-25)12-31-26(38-3)24(23)40-21-7-9-36(2)14-27(21,28)29/h4-6,8,10-13,15,21H,7,9,14H2,1-3H3,(H,32,33,35)/t21-/m0/s1/i3D3. The highest BCUT2D eigenvalue weighted by atomic mass is 19.3. The average Bonchev–Trinajstić information content (AvgIpc) is 3.40. The highest BCUT2D eigenvalue weighted by molar-refractivity contribution is 5.96. The largest absolute Gasteiger partial charge is 0.478 e. The van der Waals surface area contributed by atoms with Crippen LogP contribution in [0.3, 0.4) is 0 Å². The van der Waals surface area contributed by atoms with Gasteiger partial charge in [0, 0.05) is 24.7 Å². The fourth-order valence-corrected chi connectivity index (χ4v) is 4.61. The molecule has 1 fully saturated rings. The van der Waals surface area contributed by atoms with Gasteiger partial charge in [-0.25, -0.2) is 33.2 Å². The molecule has 1 aliphatic rings. The molecular formula is C27H26F2N8O3. The number of alkyl halides is 2. The molecule has 1 N–H and O–H groups in total. The fraction of sp³-hybridized carbons (Fsp3) is 0.296. The second-order valence-electron chi connectivity index (χ2n) is 9.50. The van der Waals surface area contributed by atoms with Gasteiger partial charge in [-0.1, -0.05) is 0 Å². The second-order valence-corrected chi connectivity index (χ2v) is 9.50. The number of pyridine rings is 1. The van der Waals surface area contributed by atoms with Crippen molar-refractivity contribution in [2.24, 2.45) is 0 Å². The van der Waals surface area contributed by atoms with Crippen LogP contribution in [0.5, 0.6) is 23.1 Å². The quantitative estimate of drug-likeness (QED) is 0.307. The van der Waals surface area contributed by atoms with Crippen molar-refractivity contribution in [1.29, 1.82) is 0 Å². The van der Waals surface area contributed by atoms with Crippen LogP contribution in [0, 0.1) is 6.92 Å². The van der Waals surface area contributed by atoms with Crippen molar-refractivity contribution >= 4 is 28.1 Å². The van der Waals surface area contributed by atoms with Crippen molar-refractivity contribution in [1.82, 2.24) is 34.4 Å². The molecule has 5 aromatic rings. The number of anilines is 2. The predicted octanol–water partition coefficient (Wildman–Crippen LogP) is 4.64. The summed E-state index contributed by atoms with van der Waals surface area (Å²) >= 11 is 0. The summed E-state index contributed by atoms with van der Waals surface area (Å²) in [5, 5.41) is 7.47. The summed E-state index contributed by atoms with van der Waals surface area (Å²) in [6.45, 7) is 1.68. The smallest absolute Gasteiger partial charge is 0.296 e. The number of halogens is 2. The molecule has 13 heteroatoms. The molecule has 40 heavy (non-hydrogen) atoms. The van der Waals surface area contributed by atoms with Crippen molar-refractivity contribution in [3.8, 4) is 23.1 Å². The lowest BCUT2D eigenvalue weighted by atomic mass is 10.0. The van der Waals surface area contributed by atoms with Crippen molar-refractivity contribution in [2.75, 3.05) is 32.5 Å². The molecular weight excluding hydrogens is 522 g/mol. The van der Waals surface area contributed by atoms with Crippen LogP contribution in [0.25, 0.3) is 16.6 Å². The molecule has 5 heterocycles. The number of nitrogens with one attached hydrogen (secondary N) is 1. The lowest BCUT2D eigenvalue weighted by Gasteiger charge is -2.36. The lowest BCUT2D eigenvalue weighted by molar-refractivity contribution is -0.135. The summed E-state index contributed by atoms with van der Waals surface area (Å²) in [5.74, 6) is -2.75. The molecule has 0 amide bonds. The Morgan fingerprint density at radius 1 is 1.15 bits per heavy atom. The molecule has 0 saturated carbocycles. The van der Waals surface area contributed by atoms with E-state index < -0.39 is 31.5 Å². The first kappa shape index (κ1) is 22.2. The Kier molecular flexibility index (Phi) is 5.63. The first-order chi connectivity index (χ1) is 20.4. The van der Waals surface area contributed by atoms with E-state index in [9.17, 15) is 0 Å². The molecule has 1 aliphatic heterocycles. The van der Waals surface area contributed by atoms with Crippen LogP contribution in [-0.2, 0) is 0 Å². The molecule has 4 aromatic heterocycles. The Morgan fingerprint density at radius 2 is 2.05 bits per heavy atom. The van der Waals surface area contributed by atoms with E-state index in [4.69, 9.17) is 18.3 Å². The number of hydrogen-bond donors (Lipinski definition) is 1. The number of hydrogen-bond acceptors (Lipinski definition) is 10. The van der Waals surface area contributed by atoms with Crippen LogP contribution < -0.4 is 19.5 Å². The number of rotatable bonds is 7. The second kappa shape index (κ2) is 10.2. The molecule has 0 bridgehead atoms. The number of methoxy groups -OCH3 is 1. The monoisotopic (exact) mass is 551 g/mol. The van der Waals surface area contributed by atoms with Gasteiger partial charge in [-0.3, -0.25) is 0 Å². The number of benzene rings is 1. The maximum atomic E-state index is 15.0. The van der Waals surface area contributed by atoms with E-state index in [1.807, 2.05) is 6.92 Å². The number of aryl methyl sites for hydroxylation is 1. The highest BCUT2D eigenvalue weighted by Crippen LogP contribution is 2.41. The van der Waals surface area contributed by atoms with E-state index in [0.717, 1.165) is 5.56 Å². The van der Waals surface area contributed by atoms with E-state index >= 15 is 8.78 Å². The number of likely N-dealkylation sites (tertiary alicyclic amines) is 1. The van der Waals surface area contributed by atoms with E-state index in [2.05, 4.69) is 30.4 Å². The molecule has 1 saturated heterocycles. The van der Waals surface area contributed by atoms with Crippen LogP contribution in [0.15, 0.2) is 55.4 Å². The third-order valence-corrected chi connectivity index (χ3v) is 6.57. The third-order valence-electron chi connectivity index (χ3n) is 6.57. The minimum absolute atomic E-state index is 0.00689. The number of nitrogens with zero attached hydrogens (tertiary/aromatic N) is 7. The van der Waals surface area contributed by atoms with Crippen molar-refractivity contribution in [3.63, 3.8) is 0 Å². The van der Waals surface area contributed by atoms with Crippen molar-refractivity contribution < 1.29 is 27.1 Å². The predicted molar refractivity (Wildman–Crippen MR) is 143 cm³/mol. The maximum absolute atomic E-state index is 15.0. The van der Waals surface area contributed by atoms with Gasteiger partial charge in [0.15, 0.2) is 23.3 Å². The topological polar surface area (TPSA) is 112 Å². The SMILES string of the molecule is [2H]C([2H])([2H])Oc1ncc2ncnc(Nc3ccc(Oc4cnc5ccnn5c4)c(C)c3)c2c1O[C@H]1CCN(C)CC1(F)F. The minimum Gasteiger partial charge on any atom is -0.478 e. The maximum Gasteiger partial charge on any atom is 0.296 e. The van der Waals surface area contributed by atoms with Crippen LogP contribution in [0.4, 0.5) is 20.3 Å². The van der Waals surface area contributed by atoms with Crippen LogP contribution in [0.2, 0.25) is 0 Å². The Hall–Kier alpha value is -4.65. The van der Waals surface area contributed by atoms with Gasteiger partial charge < -0.3 is 24.4 Å². The zero-order chi connectivity index (χ0) is 30.4. The Bertz CT molecular complexity index is 1800. The Morgan fingerprint density at radius 3 is 2.88 bits per heavy atom. The number of ether oxygens (including phenoxy) is 3. The van der Waals surface area contributed by atoms with E-state index in [-0.39, 0.29) is 28.9 Å². The lowest BCUT2D eigenvalue weighted by Crippen LogP contribution is -2.52. The Balaban J connectivity index is 1.34. The number of piperidine rings is 1. The van der Waals surface area contributed by atoms with Gasteiger partial charge in [0.1, 0.15) is 17.9 Å². The molecule has 0 radical (unpaired) electrons. The van der Waals surface area contributed by atoms with E-state index in [1.165, 1.54) is 17.4 Å². The van der Waals surface area contributed by atoms with Gasteiger partial charge in [0.25, 0.3) is 11.8 Å². The summed E-state index contributed by atoms with van der Waals surface area (Å²) < 4.78 is 71.3. The molecule has 0 spiro atoms. The normalized spacial score (nSPS) is 18.6. The Labute approximate surface area is 232 Å². The summed E-state index contributed by atoms with van der Waals surface area (Å²) in [6, 6.07) is 7.06. The van der Waals surface area contributed by atoms with Gasteiger partial charge in [-0.15, -0.1) is 0 Å². The number of fused-ring (bicyclic) bond motifs is 2. The van der Waals surface area contributed by atoms with Crippen LogP contribution >= 0.6 is 0 Å². The third kappa shape index (κ3) is 4.91. The van der Waals surface area contributed by atoms with Gasteiger partial charge >= 0.3 is 0 Å². The summed E-state index contributed by atoms with van der Waals surface area (Å²) in [4.78, 5) is 18.4. The highest BCUT2D eigenvalue weighted by Gasteiger charge is 2.46. The van der Waals surface area contributed by atoms with Crippen molar-refractivity contribution in [3.05, 3.63) is 60.9 Å². The fourth-order valence-electron chi connectivity index (χ4n) is 4.61. The zero-order valence-electron chi connectivity index (χ0n) is 24.5. The van der Waals surface area contributed by atoms with Gasteiger partial charge in [-0.2, -0.15) is 5.10 Å². The van der Waals surface area contributed by atoms with Gasteiger partial charge in [0.05, 0.1) is 53.4 Å². The molecule has 0 unspecified atom stereocenters. The average molecular weight is 552 g/mol. The van der Waals surface area contributed by atoms with Gasteiger partial charge in [0.2, 0.25) is 0 Å². The molecule has 0 aliphatic carbocycles. The summed E-state index contributed by atoms with van der Waals surface area (Å²) in [6.07, 6.45) is 5.92. The van der Waals surface area contributed by atoms with Crippen LogP contribution in [-0.4, -0.2) is 73.7 Å². The van der Waals surface area contributed by atoms with E-state index in [1.54, 1.807) is 54.4 Å².